The summed E-state index contributed by atoms with van der Waals surface area (Å²) in [6.45, 7) is 0. The molecule has 0 nitrogen and oxygen atoms in total. The maximum Gasteiger partial charge on any atom is -0.000729 e. The Morgan fingerprint density at radius 2 is 1.35 bits per heavy atom. The Balaban J connectivity index is 1.91. The average molecular weight is 274 g/mol. The molecule has 4 rings (SSSR count). The van der Waals surface area contributed by atoms with E-state index in [2.05, 4.69) is 76.0 Å². The first-order chi connectivity index (χ1) is 9.83. The third-order valence-corrected chi connectivity index (χ3v) is 4.46. The maximum atomic E-state index is 2.74. The van der Waals surface area contributed by atoms with Crippen LogP contribution in [-0.4, -0.2) is 0 Å². The molecular weight excluding hydrogens is 259 g/mol. The van der Waals surface area contributed by atoms with Crippen molar-refractivity contribution in [2.75, 3.05) is 0 Å². The SMILES string of the molecule is Pc1ccc(-c2cccc3c2Cc2ccccc2-3)cc1. The van der Waals surface area contributed by atoms with Gasteiger partial charge in [-0.25, -0.2) is 0 Å². The molecule has 3 aromatic carbocycles. The molecule has 1 aliphatic rings. The molecule has 1 atom stereocenters. The van der Waals surface area contributed by atoms with Gasteiger partial charge in [-0.1, -0.05) is 66.7 Å². The molecule has 3 aromatic rings. The highest BCUT2D eigenvalue weighted by Gasteiger charge is 2.20. The van der Waals surface area contributed by atoms with Gasteiger partial charge in [-0.05, 0) is 45.1 Å². The average Bonchev–Trinajstić information content (AvgIpc) is 2.87. The number of hydrogen-bond donors (Lipinski definition) is 0. The van der Waals surface area contributed by atoms with E-state index in [1.807, 2.05) is 0 Å². The Hall–Kier alpha value is -1.91. The van der Waals surface area contributed by atoms with E-state index in [-0.39, 0.29) is 0 Å². The molecule has 0 heterocycles. The lowest BCUT2D eigenvalue weighted by atomic mass is 9.96. The van der Waals surface area contributed by atoms with E-state index >= 15 is 0 Å². The smallest absolute Gasteiger partial charge is 0.000729 e. The normalized spacial score (nSPS) is 12.1. The van der Waals surface area contributed by atoms with Gasteiger partial charge in [-0.3, -0.25) is 0 Å². The first-order valence-electron chi connectivity index (χ1n) is 6.89. The summed E-state index contributed by atoms with van der Waals surface area (Å²) < 4.78 is 0. The van der Waals surface area contributed by atoms with Gasteiger partial charge in [0.05, 0.1) is 0 Å². The zero-order chi connectivity index (χ0) is 13.5. The monoisotopic (exact) mass is 274 g/mol. The minimum Gasteiger partial charge on any atom is -0.106 e. The minimum absolute atomic E-state index is 1.05. The molecule has 1 aliphatic carbocycles. The van der Waals surface area contributed by atoms with Gasteiger partial charge < -0.3 is 0 Å². The lowest BCUT2D eigenvalue weighted by Gasteiger charge is -2.09. The van der Waals surface area contributed by atoms with Gasteiger partial charge in [-0.15, -0.1) is 9.24 Å². The predicted octanol–water partition coefficient (Wildman–Crippen LogP) is 4.43. The van der Waals surface area contributed by atoms with Crippen molar-refractivity contribution in [3.05, 3.63) is 77.9 Å². The fourth-order valence-electron chi connectivity index (χ4n) is 3.09. The second-order valence-corrected chi connectivity index (χ2v) is 5.95. The van der Waals surface area contributed by atoms with E-state index in [1.54, 1.807) is 0 Å². The van der Waals surface area contributed by atoms with E-state index in [1.165, 1.54) is 38.7 Å². The van der Waals surface area contributed by atoms with Crippen molar-refractivity contribution in [3.63, 3.8) is 0 Å². The highest BCUT2D eigenvalue weighted by atomic mass is 31.0. The Morgan fingerprint density at radius 3 is 2.20 bits per heavy atom. The van der Waals surface area contributed by atoms with E-state index in [0.29, 0.717) is 0 Å². The molecule has 20 heavy (non-hydrogen) atoms. The summed E-state index contributed by atoms with van der Waals surface area (Å²) in [5, 5.41) is 1.23. The van der Waals surface area contributed by atoms with Gasteiger partial charge >= 0.3 is 0 Å². The van der Waals surface area contributed by atoms with Crippen molar-refractivity contribution >= 4 is 14.5 Å². The summed E-state index contributed by atoms with van der Waals surface area (Å²) in [6, 6.07) is 24.1. The van der Waals surface area contributed by atoms with Crippen molar-refractivity contribution in [1.29, 1.82) is 0 Å². The van der Waals surface area contributed by atoms with Gasteiger partial charge in [0.1, 0.15) is 0 Å². The summed E-state index contributed by atoms with van der Waals surface area (Å²) >= 11 is 0. The van der Waals surface area contributed by atoms with E-state index in [9.17, 15) is 0 Å². The fraction of sp³-hybridized carbons (Fsp3) is 0.0526. The zero-order valence-corrected chi connectivity index (χ0v) is 12.3. The summed E-state index contributed by atoms with van der Waals surface area (Å²) in [4.78, 5) is 0. The van der Waals surface area contributed by atoms with Crippen LogP contribution in [0.5, 0.6) is 0 Å². The first kappa shape index (κ1) is 11.9. The van der Waals surface area contributed by atoms with Crippen LogP contribution in [0.3, 0.4) is 0 Å². The van der Waals surface area contributed by atoms with Crippen molar-refractivity contribution in [2.24, 2.45) is 0 Å². The number of benzene rings is 3. The standard InChI is InChI=1S/C19H15P/c20-15-10-8-13(9-11-15)16-6-3-7-18-17-5-2-1-4-14(17)12-19(16)18/h1-11H,12,20H2. The molecule has 0 aromatic heterocycles. The van der Waals surface area contributed by atoms with Crippen molar-refractivity contribution in [2.45, 2.75) is 6.42 Å². The Bertz CT molecular complexity index is 785. The van der Waals surface area contributed by atoms with Crippen LogP contribution in [0.1, 0.15) is 11.1 Å². The Morgan fingerprint density at radius 1 is 0.650 bits per heavy atom. The molecule has 96 valence electrons. The third kappa shape index (κ3) is 1.80. The summed E-state index contributed by atoms with van der Waals surface area (Å²) in [6.07, 6.45) is 1.05. The van der Waals surface area contributed by atoms with Crippen LogP contribution >= 0.6 is 9.24 Å². The Kier molecular flexibility index (Phi) is 2.72. The Labute approximate surface area is 121 Å². The molecule has 0 bridgehead atoms. The lowest BCUT2D eigenvalue weighted by molar-refractivity contribution is 1.26. The molecule has 0 saturated heterocycles. The fourth-order valence-corrected chi connectivity index (χ4v) is 3.28. The lowest BCUT2D eigenvalue weighted by Crippen LogP contribution is -1.91. The van der Waals surface area contributed by atoms with Gasteiger partial charge in [0.25, 0.3) is 0 Å². The summed E-state index contributed by atoms with van der Waals surface area (Å²) in [5.41, 5.74) is 8.37. The van der Waals surface area contributed by atoms with Gasteiger partial charge in [0, 0.05) is 0 Å². The van der Waals surface area contributed by atoms with E-state index in [0.717, 1.165) is 6.42 Å². The van der Waals surface area contributed by atoms with Crippen LogP contribution in [0.15, 0.2) is 66.7 Å². The highest BCUT2D eigenvalue weighted by molar-refractivity contribution is 7.27. The number of fused-ring (bicyclic) bond motifs is 3. The minimum atomic E-state index is 1.05. The molecular formula is C19H15P. The molecule has 0 saturated carbocycles. The molecule has 1 heteroatoms. The molecule has 0 radical (unpaired) electrons. The van der Waals surface area contributed by atoms with Gasteiger partial charge in [0.15, 0.2) is 0 Å². The largest absolute Gasteiger partial charge is 0.106 e. The van der Waals surface area contributed by atoms with Crippen molar-refractivity contribution in [3.8, 4) is 22.3 Å². The summed E-state index contributed by atoms with van der Waals surface area (Å²) in [7, 11) is 2.74. The van der Waals surface area contributed by atoms with Crippen LogP contribution in [0.25, 0.3) is 22.3 Å². The van der Waals surface area contributed by atoms with Crippen LogP contribution in [0.2, 0.25) is 0 Å². The second kappa shape index (κ2) is 4.58. The number of hydrogen-bond acceptors (Lipinski definition) is 0. The van der Waals surface area contributed by atoms with Crippen LogP contribution in [0.4, 0.5) is 0 Å². The molecule has 0 spiro atoms. The topological polar surface area (TPSA) is 0 Å². The maximum absolute atomic E-state index is 2.74. The van der Waals surface area contributed by atoms with Crippen molar-refractivity contribution < 1.29 is 0 Å². The molecule has 1 unspecified atom stereocenters. The molecule has 0 N–H and O–H groups in total. The summed E-state index contributed by atoms with van der Waals surface area (Å²) in [5.74, 6) is 0. The molecule has 0 fully saturated rings. The predicted molar refractivity (Wildman–Crippen MR) is 89.5 cm³/mol. The highest BCUT2D eigenvalue weighted by Crippen LogP contribution is 2.41. The third-order valence-electron chi connectivity index (χ3n) is 4.07. The van der Waals surface area contributed by atoms with Crippen LogP contribution in [0, 0.1) is 0 Å². The van der Waals surface area contributed by atoms with Crippen LogP contribution in [-0.2, 0) is 6.42 Å². The van der Waals surface area contributed by atoms with E-state index < -0.39 is 0 Å². The number of rotatable bonds is 1. The van der Waals surface area contributed by atoms with Gasteiger partial charge in [-0.2, -0.15) is 0 Å². The van der Waals surface area contributed by atoms with Gasteiger partial charge in [0.2, 0.25) is 0 Å². The van der Waals surface area contributed by atoms with Crippen LogP contribution < -0.4 is 5.30 Å². The molecule has 0 aliphatic heterocycles. The first-order valence-corrected chi connectivity index (χ1v) is 7.47. The zero-order valence-electron chi connectivity index (χ0n) is 11.1. The molecule has 0 amide bonds. The second-order valence-electron chi connectivity index (χ2n) is 5.29. The quantitative estimate of drug-likeness (QED) is 0.451. The van der Waals surface area contributed by atoms with E-state index in [4.69, 9.17) is 0 Å². The van der Waals surface area contributed by atoms with Crippen molar-refractivity contribution in [1.82, 2.24) is 0 Å².